The Morgan fingerprint density at radius 3 is 2.10 bits per heavy atom. The molecule has 1 aliphatic rings. The summed E-state index contributed by atoms with van der Waals surface area (Å²) in [5.74, 6) is -12.0. The molecule has 6 atom stereocenters. The number of carbonyl (C=O) groups is 5. The Bertz CT molecular complexity index is 1560. The van der Waals surface area contributed by atoms with Gasteiger partial charge in [0.2, 0.25) is 5.91 Å². The normalized spacial score (nSPS) is 21.0. The number of amides is 1. The Morgan fingerprint density at radius 1 is 0.833 bits per heavy atom. The highest BCUT2D eigenvalue weighted by Gasteiger charge is 2.64. The molecular formula is C30H27Cl2NO9. The van der Waals surface area contributed by atoms with Crippen LogP contribution in [0, 0.1) is 23.7 Å². The zero-order valence-electron chi connectivity index (χ0n) is 22.5. The van der Waals surface area contributed by atoms with E-state index in [4.69, 9.17) is 27.9 Å². The average molecular weight is 616 g/mol. The van der Waals surface area contributed by atoms with Crippen LogP contribution in [0.2, 0.25) is 10.0 Å². The number of methoxy groups -OCH3 is 1. The second-order valence-corrected chi connectivity index (χ2v) is 10.9. The van der Waals surface area contributed by atoms with Crippen molar-refractivity contribution in [2.45, 2.75) is 25.5 Å². The molecule has 0 spiro atoms. The van der Waals surface area contributed by atoms with Gasteiger partial charge in [0, 0.05) is 6.42 Å². The molecule has 0 saturated heterocycles. The van der Waals surface area contributed by atoms with E-state index in [0.29, 0.717) is 10.6 Å². The molecule has 3 aromatic rings. The number of hydrogen-bond donors (Lipinski definition) is 3. The highest BCUT2D eigenvalue weighted by molar-refractivity contribution is 6.42. The van der Waals surface area contributed by atoms with Crippen molar-refractivity contribution in [2.75, 3.05) is 7.11 Å². The monoisotopic (exact) mass is 615 g/mol. The number of hydrogen-bond acceptors (Lipinski definition) is 7. The van der Waals surface area contributed by atoms with Gasteiger partial charge in [-0.3, -0.25) is 19.2 Å². The summed E-state index contributed by atoms with van der Waals surface area (Å²) < 4.78 is 10.5. The minimum Gasteiger partial charge on any atom is -0.481 e. The van der Waals surface area contributed by atoms with E-state index in [1.165, 1.54) is 0 Å². The van der Waals surface area contributed by atoms with Gasteiger partial charge in [-0.2, -0.15) is 0 Å². The summed E-state index contributed by atoms with van der Waals surface area (Å²) >= 11 is 12.2. The SMILES string of the molecule is COC(=O)[C@@H]1[C@@H](C(=O)O)[C@H](C(=O)O)[C@@H]1C(=O)N[C@@H](C)[C@H](Cc1ccc(Cl)c(Cl)c1)OC(=O)c1ccc2ccccc2c1. The number of aliphatic carboxylic acids is 2. The van der Waals surface area contributed by atoms with Crippen LogP contribution in [-0.4, -0.2) is 59.3 Å². The van der Waals surface area contributed by atoms with Gasteiger partial charge in [0.25, 0.3) is 0 Å². The third-order valence-corrected chi connectivity index (χ3v) is 8.23. The van der Waals surface area contributed by atoms with Gasteiger partial charge in [0.1, 0.15) is 6.10 Å². The minimum atomic E-state index is -1.66. The topological polar surface area (TPSA) is 156 Å². The van der Waals surface area contributed by atoms with Crippen LogP contribution in [0.4, 0.5) is 0 Å². The molecule has 1 amide bonds. The number of carboxylic acid groups (broad SMARTS) is 2. The van der Waals surface area contributed by atoms with Gasteiger partial charge in [-0.25, -0.2) is 4.79 Å². The zero-order chi connectivity index (χ0) is 30.7. The quantitative estimate of drug-likeness (QED) is 0.284. The molecule has 0 unspecified atom stereocenters. The molecule has 1 saturated carbocycles. The second kappa shape index (κ2) is 12.8. The van der Waals surface area contributed by atoms with Crippen molar-refractivity contribution >= 4 is 63.8 Å². The van der Waals surface area contributed by atoms with Gasteiger partial charge in [-0.05, 0) is 47.5 Å². The number of esters is 2. The molecule has 0 radical (unpaired) electrons. The Hall–Kier alpha value is -4.15. The molecule has 220 valence electrons. The number of halogens is 2. The van der Waals surface area contributed by atoms with Crippen molar-refractivity contribution in [3.8, 4) is 0 Å². The maximum atomic E-state index is 13.4. The van der Waals surface area contributed by atoms with Crippen LogP contribution in [-0.2, 0) is 35.1 Å². The van der Waals surface area contributed by atoms with E-state index in [2.05, 4.69) is 10.1 Å². The van der Waals surface area contributed by atoms with Gasteiger partial charge >= 0.3 is 23.9 Å². The Balaban J connectivity index is 1.60. The summed E-state index contributed by atoms with van der Waals surface area (Å²) in [6, 6.07) is 16.5. The summed E-state index contributed by atoms with van der Waals surface area (Å²) in [4.78, 5) is 62.6. The molecule has 42 heavy (non-hydrogen) atoms. The maximum absolute atomic E-state index is 13.4. The van der Waals surface area contributed by atoms with Gasteiger partial charge in [-0.1, -0.05) is 59.6 Å². The Morgan fingerprint density at radius 2 is 1.48 bits per heavy atom. The molecule has 0 heterocycles. The number of nitrogens with one attached hydrogen (secondary N) is 1. The molecule has 3 N–H and O–H groups in total. The predicted octanol–water partition coefficient (Wildman–Crippen LogP) is 4.24. The van der Waals surface area contributed by atoms with E-state index in [1.54, 1.807) is 43.3 Å². The standard InChI is InChI=1S/C30H27Cl2NO9/c1-14(33-26(34)22-23(27(35)36)24(28(37)38)25(22)30(40)41-2)21(12-15-7-10-19(31)20(32)11-15)42-29(39)18-9-8-16-5-3-4-6-17(16)13-18/h3-11,13-14,21-25H,12H2,1-2H3,(H,33,34)(H,35,36)(H,37,38)/t14-,21-,22-,23+,24-,25-/m0/s1. The number of benzene rings is 3. The predicted molar refractivity (Wildman–Crippen MR) is 152 cm³/mol. The Labute approximate surface area is 250 Å². The molecule has 0 aliphatic heterocycles. The summed E-state index contributed by atoms with van der Waals surface area (Å²) in [5.41, 5.74) is 0.901. The smallest absolute Gasteiger partial charge is 0.338 e. The second-order valence-electron chi connectivity index (χ2n) is 10.1. The lowest BCUT2D eigenvalue weighted by Crippen LogP contribution is -2.63. The minimum absolute atomic E-state index is 0.0862. The van der Waals surface area contributed by atoms with E-state index in [9.17, 15) is 34.2 Å². The Kier molecular flexibility index (Phi) is 9.38. The molecule has 1 aliphatic carbocycles. The lowest BCUT2D eigenvalue weighted by molar-refractivity contribution is -0.188. The summed E-state index contributed by atoms with van der Waals surface area (Å²) in [6.45, 7) is 1.55. The van der Waals surface area contributed by atoms with Crippen LogP contribution in [0.15, 0.2) is 60.7 Å². The lowest BCUT2D eigenvalue weighted by Gasteiger charge is -2.45. The average Bonchev–Trinajstić information content (AvgIpc) is 2.93. The molecule has 12 heteroatoms. The zero-order valence-corrected chi connectivity index (χ0v) is 24.0. The summed E-state index contributed by atoms with van der Waals surface area (Å²) in [7, 11) is 1.02. The first kappa shape index (κ1) is 30.8. The first-order chi connectivity index (χ1) is 19.9. The van der Waals surface area contributed by atoms with Crippen LogP contribution in [0.25, 0.3) is 10.8 Å². The van der Waals surface area contributed by atoms with Crippen LogP contribution < -0.4 is 5.32 Å². The fourth-order valence-electron chi connectivity index (χ4n) is 5.27. The van der Waals surface area contributed by atoms with Crippen LogP contribution in [0.3, 0.4) is 0 Å². The molecule has 4 rings (SSSR count). The largest absolute Gasteiger partial charge is 0.481 e. The maximum Gasteiger partial charge on any atom is 0.338 e. The number of rotatable bonds is 10. The van der Waals surface area contributed by atoms with Crippen LogP contribution in [0.5, 0.6) is 0 Å². The van der Waals surface area contributed by atoms with E-state index in [1.807, 2.05) is 24.3 Å². The van der Waals surface area contributed by atoms with Crippen molar-refractivity contribution in [2.24, 2.45) is 23.7 Å². The van der Waals surface area contributed by atoms with Crippen LogP contribution >= 0.6 is 23.2 Å². The highest BCUT2D eigenvalue weighted by atomic mass is 35.5. The van der Waals surface area contributed by atoms with E-state index in [-0.39, 0.29) is 17.0 Å². The fourth-order valence-corrected chi connectivity index (χ4v) is 5.59. The first-order valence-electron chi connectivity index (χ1n) is 12.9. The van der Waals surface area contributed by atoms with E-state index in [0.717, 1.165) is 17.9 Å². The van der Waals surface area contributed by atoms with Gasteiger partial charge in [-0.15, -0.1) is 0 Å². The summed E-state index contributed by atoms with van der Waals surface area (Å²) in [6.07, 6.45) is -0.900. The van der Waals surface area contributed by atoms with Gasteiger partial charge in [0.15, 0.2) is 0 Å². The van der Waals surface area contributed by atoms with Crippen molar-refractivity contribution in [1.82, 2.24) is 5.32 Å². The summed E-state index contributed by atoms with van der Waals surface area (Å²) in [5, 5.41) is 24.2. The lowest BCUT2D eigenvalue weighted by atomic mass is 9.56. The first-order valence-corrected chi connectivity index (χ1v) is 13.7. The van der Waals surface area contributed by atoms with Crippen molar-refractivity contribution in [3.05, 3.63) is 81.8 Å². The molecule has 3 aromatic carbocycles. The third-order valence-electron chi connectivity index (χ3n) is 7.49. The molecule has 0 bridgehead atoms. The number of carboxylic acids is 2. The van der Waals surface area contributed by atoms with Gasteiger partial charge < -0.3 is 25.0 Å². The number of fused-ring (bicyclic) bond motifs is 1. The molecule has 10 nitrogen and oxygen atoms in total. The third kappa shape index (κ3) is 6.34. The van der Waals surface area contributed by atoms with Crippen LogP contribution in [0.1, 0.15) is 22.8 Å². The van der Waals surface area contributed by atoms with Crippen molar-refractivity contribution < 1.29 is 43.7 Å². The molecule has 0 aromatic heterocycles. The van der Waals surface area contributed by atoms with E-state index < -0.39 is 65.6 Å². The highest BCUT2D eigenvalue weighted by Crippen LogP contribution is 2.47. The fraction of sp³-hybridized carbons (Fsp3) is 0.300. The van der Waals surface area contributed by atoms with Crippen molar-refractivity contribution in [1.29, 1.82) is 0 Å². The van der Waals surface area contributed by atoms with Gasteiger partial charge in [0.05, 0.1) is 52.4 Å². The number of ether oxygens (including phenoxy) is 2. The van der Waals surface area contributed by atoms with Crippen molar-refractivity contribution in [3.63, 3.8) is 0 Å². The number of carbonyl (C=O) groups excluding carboxylic acids is 3. The van der Waals surface area contributed by atoms with E-state index >= 15 is 0 Å². The molecular weight excluding hydrogens is 589 g/mol. The molecule has 1 fully saturated rings.